The Morgan fingerprint density at radius 1 is 1.39 bits per heavy atom. The largest absolute Gasteiger partial charge is 0.351 e. The van der Waals surface area contributed by atoms with E-state index in [1.54, 1.807) is 17.0 Å². The average molecular weight is 400 g/mol. The third-order valence-corrected chi connectivity index (χ3v) is 4.65. The van der Waals surface area contributed by atoms with E-state index < -0.39 is 6.04 Å². The molecule has 1 aliphatic heterocycles. The molecule has 0 spiro atoms. The maximum atomic E-state index is 13.5. The number of rotatable bonds is 4. The Labute approximate surface area is 149 Å². The molecule has 1 heterocycles. The number of likely N-dealkylation sites (N-methyl/N-ethyl adjacent to an activating group) is 1. The highest BCUT2D eigenvalue weighted by Gasteiger charge is 2.32. The van der Waals surface area contributed by atoms with E-state index in [0.717, 1.165) is 11.3 Å². The van der Waals surface area contributed by atoms with Crippen molar-refractivity contribution < 1.29 is 9.18 Å². The van der Waals surface area contributed by atoms with Gasteiger partial charge in [-0.2, -0.15) is 0 Å². The molecule has 1 aliphatic rings. The van der Waals surface area contributed by atoms with E-state index in [1.807, 2.05) is 20.8 Å². The summed E-state index contributed by atoms with van der Waals surface area (Å²) < 4.78 is 13.9. The molecule has 0 fully saturated rings. The summed E-state index contributed by atoms with van der Waals surface area (Å²) >= 11 is 8.41. The van der Waals surface area contributed by atoms with Crippen molar-refractivity contribution in [2.75, 3.05) is 13.1 Å². The molecular formula is C16H19BrFN3OS. The molecule has 1 aromatic carbocycles. The minimum atomic E-state index is -0.409. The van der Waals surface area contributed by atoms with Crippen LogP contribution in [0, 0.1) is 5.82 Å². The predicted molar refractivity (Wildman–Crippen MR) is 96.3 cm³/mol. The van der Waals surface area contributed by atoms with Crippen molar-refractivity contribution in [1.29, 1.82) is 0 Å². The van der Waals surface area contributed by atoms with Gasteiger partial charge < -0.3 is 15.5 Å². The molecule has 2 N–H and O–H groups in total. The van der Waals surface area contributed by atoms with E-state index >= 15 is 0 Å². The first kappa shape index (κ1) is 17.9. The molecule has 4 nitrogen and oxygen atoms in total. The van der Waals surface area contributed by atoms with Crippen LogP contribution < -0.4 is 10.6 Å². The Morgan fingerprint density at radius 3 is 2.61 bits per heavy atom. The lowest BCUT2D eigenvalue weighted by molar-refractivity contribution is -0.127. The zero-order valence-electron chi connectivity index (χ0n) is 13.2. The summed E-state index contributed by atoms with van der Waals surface area (Å²) in [5.74, 6) is -0.400. The molecule has 0 saturated heterocycles. The van der Waals surface area contributed by atoms with E-state index in [-0.39, 0.29) is 11.7 Å². The van der Waals surface area contributed by atoms with Crippen molar-refractivity contribution in [3.63, 3.8) is 0 Å². The number of hydrogen-bond acceptors (Lipinski definition) is 2. The van der Waals surface area contributed by atoms with Gasteiger partial charge in [-0.3, -0.25) is 4.79 Å². The first-order valence-electron chi connectivity index (χ1n) is 7.41. The average Bonchev–Trinajstić information content (AvgIpc) is 2.50. The van der Waals surface area contributed by atoms with Gasteiger partial charge in [0, 0.05) is 18.8 Å². The molecule has 0 bridgehead atoms. The maximum absolute atomic E-state index is 13.5. The fourth-order valence-corrected chi connectivity index (χ4v) is 3.27. The molecule has 0 saturated carbocycles. The van der Waals surface area contributed by atoms with E-state index in [9.17, 15) is 9.18 Å². The van der Waals surface area contributed by atoms with Crippen LogP contribution in [0.4, 0.5) is 4.39 Å². The summed E-state index contributed by atoms with van der Waals surface area (Å²) in [5, 5.41) is 6.57. The zero-order chi connectivity index (χ0) is 17.1. The second-order valence-electron chi connectivity index (χ2n) is 5.22. The number of allylic oxidation sites excluding steroid dienone is 1. The first-order valence-corrected chi connectivity index (χ1v) is 8.61. The van der Waals surface area contributed by atoms with Crippen LogP contribution in [-0.4, -0.2) is 29.0 Å². The standard InChI is InChI=1S/C16H19BrFN3OS/c1-4-21(5-2)15(22)13-9(3)19-16(23)20-14(13)10-6-7-12(18)11(17)8-10/h6-8,14H,4-5H2,1-3H3,(H2,19,20,23). The van der Waals surface area contributed by atoms with Gasteiger partial charge in [-0.05, 0) is 66.6 Å². The number of carbonyl (C=O) groups excluding carboxylic acids is 1. The van der Waals surface area contributed by atoms with Crippen molar-refractivity contribution >= 4 is 39.2 Å². The second kappa shape index (κ2) is 7.40. The van der Waals surface area contributed by atoms with Gasteiger partial charge in [-0.15, -0.1) is 0 Å². The van der Waals surface area contributed by atoms with Crippen LogP contribution in [0.3, 0.4) is 0 Å². The molecule has 7 heteroatoms. The number of halogens is 2. The van der Waals surface area contributed by atoms with Crippen LogP contribution in [0.1, 0.15) is 32.4 Å². The highest BCUT2D eigenvalue weighted by atomic mass is 79.9. The predicted octanol–water partition coefficient (Wildman–Crippen LogP) is 3.25. The first-order chi connectivity index (χ1) is 10.9. The van der Waals surface area contributed by atoms with Crippen LogP contribution in [0.15, 0.2) is 33.9 Å². The number of hydrogen-bond donors (Lipinski definition) is 2. The lowest BCUT2D eigenvalue weighted by Crippen LogP contribution is -2.47. The minimum absolute atomic E-state index is 0.0551. The van der Waals surface area contributed by atoms with Gasteiger partial charge in [0.15, 0.2) is 5.11 Å². The van der Waals surface area contributed by atoms with Crippen molar-refractivity contribution in [2.24, 2.45) is 0 Å². The van der Waals surface area contributed by atoms with Gasteiger partial charge in [0.2, 0.25) is 0 Å². The molecule has 2 rings (SSSR count). The lowest BCUT2D eigenvalue weighted by atomic mass is 9.94. The third kappa shape index (κ3) is 3.72. The highest BCUT2D eigenvalue weighted by Crippen LogP contribution is 2.30. The van der Waals surface area contributed by atoms with Crippen LogP contribution >= 0.6 is 28.1 Å². The van der Waals surface area contributed by atoms with Crippen molar-refractivity contribution in [3.05, 3.63) is 45.3 Å². The second-order valence-corrected chi connectivity index (χ2v) is 6.48. The fourth-order valence-electron chi connectivity index (χ4n) is 2.60. The molecule has 1 unspecified atom stereocenters. The van der Waals surface area contributed by atoms with Gasteiger partial charge in [-0.1, -0.05) is 6.07 Å². The number of nitrogens with zero attached hydrogens (tertiary/aromatic N) is 1. The Bertz CT molecular complexity index is 673. The molecule has 124 valence electrons. The monoisotopic (exact) mass is 399 g/mol. The summed E-state index contributed by atoms with van der Waals surface area (Å²) in [7, 11) is 0. The SMILES string of the molecule is CCN(CC)C(=O)C1=C(C)NC(=S)NC1c1ccc(F)c(Br)c1. The van der Waals surface area contributed by atoms with E-state index in [4.69, 9.17) is 12.2 Å². The molecule has 0 aliphatic carbocycles. The quantitative estimate of drug-likeness (QED) is 0.762. The van der Waals surface area contributed by atoms with Gasteiger partial charge in [0.25, 0.3) is 5.91 Å². The number of benzene rings is 1. The summed E-state index contributed by atoms with van der Waals surface area (Å²) in [4.78, 5) is 14.6. The molecule has 1 aromatic rings. The molecular weight excluding hydrogens is 381 g/mol. The maximum Gasteiger partial charge on any atom is 0.253 e. The van der Waals surface area contributed by atoms with E-state index in [1.165, 1.54) is 6.07 Å². The number of thiocarbonyl (C=S) groups is 1. The van der Waals surface area contributed by atoms with Gasteiger partial charge in [0.1, 0.15) is 5.82 Å². The highest BCUT2D eigenvalue weighted by molar-refractivity contribution is 9.10. The topological polar surface area (TPSA) is 44.4 Å². The molecule has 0 aromatic heterocycles. The molecule has 0 radical (unpaired) electrons. The molecule has 1 amide bonds. The van der Waals surface area contributed by atoms with Gasteiger partial charge in [-0.25, -0.2) is 4.39 Å². The number of amides is 1. The molecule has 23 heavy (non-hydrogen) atoms. The van der Waals surface area contributed by atoms with Gasteiger partial charge >= 0.3 is 0 Å². The number of nitrogens with one attached hydrogen (secondary N) is 2. The Balaban J connectivity index is 2.49. The third-order valence-electron chi connectivity index (χ3n) is 3.83. The minimum Gasteiger partial charge on any atom is -0.351 e. The fraction of sp³-hybridized carbons (Fsp3) is 0.375. The van der Waals surface area contributed by atoms with Gasteiger partial charge in [0.05, 0.1) is 16.1 Å². The summed E-state index contributed by atoms with van der Waals surface area (Å²) in [6.45, 7) is 6.95. The zero-order valence-corrected chi connectivity index (χ0v) is 15.6. The summed E-state index contributed by atoms with van der Waals surface area (Å²) in [5.41, 5.74) is 2.09. The normalized spacial score (nSPS) is 17.6. The van der Waals surface area contributed by atoms with Crippen molar-refractivity contribution in [3.8, 4) is 0 Å². The number of carbonyl (C=O) groups is 1. The van der Waals surface area contributed by atoms with Crippen molar-refractivity contribution in [1.82, 2.24) is 15.5 Å². The Kier molecular flexibility index (Phi) is 5.75. The smallest absolute Gasteiger partial charge is 0.253 e. The van der Waals surface area contributed by atoms with Crippen LogP contribution in [-0.2, 0) is 4.79 Å². The summed E-state index contributed by atoms with van der Waals surface area (Å²) in [6.07, 6.45) is 0. The Morgan fingerprint density at radius 2 is 2.04 bits per heavy atom. The van der Waals surface area contributed by atoms with E-state index in [2.05, 4.69) is 26.6 Å². The van der Waals surface area contributed by atoms with Crippen molar-refractivity contribution in [2.45, 2.75) is 26.8 Å². The van der Waals surface area contributed by atoms with E-state index in [0.29, 0.717) is 28.2 Å². The molecule has 1 atom stereocenters. The lowest BCUT2D eigenvalue weighted by Gasteiger charge is -2.33. The Hall–Kier alpha value is -1.47. The van der Waals surface area contributed by atoms with Crippen LogP contribution in [0.5, 0.6) is 0 Å². The summed E-state index contributed by atoms with van der Waals surface area (Å²) in [6, 6.07) is 4.30. The van der Waals surface area contributed by atoms with Crippen LogP contribution in [0.2, 0.25) is 0 Å². The van der Waals surface area contributed by atoms with Crippen LogP contribution in [0.25, 0.3) is 0 Å².